The van der Waals surface area contributed by atoms with Crippen molar-refractivity contribution in [3.63, 3.8) is 0 Å². The number of sulfonamides is 1. The highest BCUT2D eigenvalue weighted by Crippen LogP contribution is 2.31. The number of ether oxygens (including phenoxy) is 1. The zero-order valence-electron chi connectivity index (χ0n) is 16.7. The monoisotopic (exact) mass is 451 g/mol. The molecule has 2 N–H and O–H groups in total. The Labute approximate surface area is 180 Å². The van der Waals surface area contributed by atoms with E-state index in [4.69, 9.17) is 4.74 Å². The Hall–Kier alpha value is -2.43. The number of benzene rings is 1. The second kappa shape index (κ2) is 10.1. The number of nitrogens with one attached hydrogen (secondary N) is 2. The number of hydrogen-bond donors (Lipinski definition) is 2. The summed E-state index contributed by atoms with van der Waals surface area (Å²) in [5.41, 5.74) is 0.920. The molecule has 3 rings (SSSR count). The first-order valence-corrected chi connectivity index (χ1v) is 12.1. The molecular formula is C20H25N3O5S2. The topological polar surface area (TPSA) is 105 Å². The molecule has 10 heteroatoms. The van der Waals surface area contributed by atoms with Crippen molar-refractivity contribution < 1.29 is 22.7 Å². The van der Waals surface area contributed by atoms with Crippen LogP contribution in [0.15, 0.2) is 39.9 Å². The highest BCUT2D eigenvalue weighted by Gasteiger charge is 2.29. The van der Waals surface area contributed by atoms with Crippen LogP contribution < -0.4 is 15.4 Å². The Kier molecular flexibility index (Phi) is 7.46. The van der Waals surface area contributed by atoms with Crippen LogP contribution in [0.1, 0.15) is 36.0 Å². The Morgan fingerprint density at radius 1 is 1.17 bits per heavy atom. The number of thiophene rings is 1. The van der Waals surface area contributed by atoms with Crippen LogP contribution in [0.5, 0.6) is 5.75 Å². The summed E-state index contributed by atoms with van der Waals surface area (Å²) in [5, 5.41) is 8.91. The third-order valence-electron chi connectivity index (χ3n) is 4.80. The summed E-state index contributed by atoms with van der Waals surface area (Å²) >= 11 is 1.42. The van der Waals surface area contributed by atoms with Crippen molar-refractivity contribution in [2.75, 3.05) is 32.1 Å². The third-order valence-corrected chi connectivity index (χ3v) is 7.40. The average molecular weight is 452 g/mol. The lowest BCUT2D eigenvalue weighted by Gasteiger charge is -2.26. The van der Waals surface area contributed by atoms with Crippen LogP contribution in [-0.2, 0) is 14.8 Å². The Balaban J connectivity index is 1.64. The van der Waals surface area contributed by atoms with Gasteiger partial charge < -0.3 is 15.4 Å². The van der Waals surface area contributed by atoms with Gasteiger partial charge in [0.05, 0.1) is 7.11 Å². The molecular weight excluding hydrogens is 426 g/mol. The quantitative estimate of drug-likeness (QED) is 0.642. The maximum absolute atomic E-state index is 13.1. The largest absolute Gasteiger partial charge is 0.495 e. The highest BCUT2D eigenvalue weighted by molar-refractivity contribution is 7.89. The SMILES string of the molecule is COc1ccc(NC(=O)CCNC(=O)c2ccsc2)cc1S(=O)(=O)N1CCCCC1. The number of carbonyl (C=O) groups excluding carboxylic acids is 2. The maximum atomic E-state index is 13.1. The van der Waals surface area contributed by atoms with Crippen LogP contribution in [-0.4, -0.2) is 51.3 Å². The van der Waals surface area contributed by atoms with Gasteiger partial charge in [-0.3, -0.25) is 9.59 Å². The standard InChI is InChI=1S/C20H25N3O5S2/c1-28-17-6-5-16(13-18(17)30(26,27)23-10-3-2-4-11-23)22-19(24)7-9-21-20(25)15-8-12-29-14-15/h5-6,8,12-14H,2-4,7,9-11H2,1H3,(H,21,25)(H,22,24). The number of rotatable bonds is 8. The van der Waals surface area contributed by atoms with Gasteiger partial charge in [-0.05, 0) is 42.5 Å². The molecule has 0 saturated carbocycles. The van der Waals surface area contributed by atoms with Crippen LogP contribution >= 0.6 is 11.3 Å². The van der Waals surface area contributed by atoms with Gasteiger partial charge >= 0.3 is 0 Å². The molecule has 0 bridgehead atoms. The molecule has 1 saturated heterocycles. The van der Waals surface area contributed by atoms with E-state index < -0.39 is 10.0 Å². The average Bonchev–Trinajstić information content (AvgIpc) is 3.29. The molecule has 1 aliphatic heterocycles. The number of amides is 2. The fourth-order valence-corrected chi connectivity index (χ4v) is 5.54. The molecule has 1 fully saturated rings. The van der Waals surface area contributed by atoms with Crippen LogP contribution in [0.25, 0.3) is 0 Å². The van der Waals surface area contributed by atoms with Gasteiger partial charge in [0.15, 0.2) is 0 Å². The number of nitrogens with zero attached hydrogens (tertiary/aromatic N) is 1. The summed E-state index contributed by atoms with van der Waals surface area (Å²) in [6.45, 7) is 1.13. The maximum Gasteiger partial charge on any atom is 0.252 e. The molecule has 30 heavy (non-hydrogen) atoms. The molecule has 2 heterocycles. The van der Waals surface area contributed by atoms with Gasteiger partial charge in [0, 0.05) is 42.7 Å². The number of anilines is 1. The molecule has 1 aromatic heterocycles. The fourth-order valence-electron chi connectivity index (χ4n) is 3.21. The van der Waals surface area contributed by atoms with Gasteiger partial charge in [-0.25, -0.2) is 8.42 Å². The molecule has 0 atom stereocenters. The summed E-state index contributed by atoms with van der Waals surface area (Å²) in [5.74, 6) is -0.322. The van der Waals surface area contributed by atoms with Gasteiger partial charge in [0.2, 0.25) is 15.9 Å². The van der Waals surface area contributed by atoms with Crippen LogP contribution in [0.4, 0.5) is 5.69 Å². The minimum Gasteiger partial charge on any atom is -0.495 e. The molecule has 8 nitrogen and oxygen atoms in total. The summed E-state index contributed by atoms with van der Waals surface area (Å²) in [6.07, 6.45) is 2.74. The van der Waals surface area contributed by atoms with Crippen LogP contribution in [0, 0.1) is 0 Å². The molecule has 0 aliphatic carbocycles. The first-order chi connectivity index (χ1) is 14.4. The van der Waals surface area contributed by atoms with E-state index >= 15 is 0 Å². The highest BCUT2D eigenvalue weighted by atomic mass is 32.2. The number of methoxy groups -OCH3 is 1. The van der Waals surface area contributed by atoms with Crippen molar-refractivity contribution in [1.29, 1.82) is 0 Å². The molecule has 1 aromatic carbocycles. The van der Waals surface area contributed by atoms with Crippen LogP contribution in [0.3, 0.4) is 0 Å². The van der Waals surface area contributed by atoms with E-state index in [1.807, 2.05) is 0 Å². The summed E-state index contributed by atoms with van der Waals surface area (Å²) in [6, 6.07) is 6.26. The van der Waals surface area contributed by atoms with Crippen molar-refractivity contribution >= 4 is 38.9 Å². The van der Waals surface area contributed by atoms with Gasteiger partial charge in [-0.1, -0.05) is 6.42 Å². The summed E-state index contributed by atoms with van der Waals surface area (Å²) < 4.78 is 32.8. The zero-order valence-corrected chi connectivity index (χ0v) is 18.4. The minimum absolute atomic E-state index is 0.0375. The smallest absolute Gasteiger partial charge is 0.252 e. The Bertz CT molecular complexity index is 984. The predicted molar refractivity (Wildman–Crippen MR) is 116 cm³/mol. The second-order valence-corrected chi connectivity index (χ2v) is 9.58. The van der Waals surface area contributed by atoms with Crippen molar-refractivity contribution in [1.82, 2.24) is 9.62 Å². The molecule has 0 spiro atoms. The van der Waals surface area contributed by atoms with Crippen molar-refractivity contribution in [3.05, 3.63) is 40.6 Å². The number of piperidine rings is 1. The van der Waals surface area contributed by atoms with Gasteiger partial charge in [-0.15, -0.1) is 0 Å². The summed E-state index contributed by atoms with van der Waals surface area (Å²) in [4.78, 5) is 24.2. The molecule has 0 radical (unpaired) electrons. The normalized spacial score (nSPS) is 14.8. The lowest BCUT2D eigenvalue weighted by Crippen LogP contribution is -2.35. The molecule has 2 aromatic rings. The van der Waals surface area contributed by atoms with E-state index in [0.717, 1.165) is 19.3 Å². The van der Waals surface area contributed by atoms with E-state index in [0.29, 0.717) is 24.3 Å². The molecule has 1 aliphatic rings. The van der Waals surface area contributed by atoms with Crippen LogP contribution in [0.2, 0.25) is 0 Å². The number of hydrogen-bond acceptors (Lipinski definition) is 6. The predicted octanol–water partition coefficient (Wildman–Crippen LogP) is 2.69. The first-order valence-electron chi connectivity index (χ1n) is 9.70. The first kappa shape index (κ1) is 22.3. The van der Waals surface area contributed by atoms with Gasteiger partial charge in [0.25, 0.3) is 5.91 Å². The zero-order chi connectivity index (χ0) is 21.6. The van der Waals surface area contributed by atoms with Crippen molar-refractivity contribution in [2.45, 2.75) is 30.6 Å². The molecule has 162 valence electrons. The lowest BCUT2D eigenvalue weighted by molar-refractivity contribution is -0.116. The van der Waals surface area contributed by atoms with E-state index in [2.05, 4.69) is 10.6 Å². The van der Waals surface area contributed by atoms with Crippen molar-refractivity contribution in [3.8, 4) is 5.75 Å². The second-order valence-electron chi connectivity index (χ2n) is 6.90. The van der Waals surface area contributed by atoms with Gasteiger partial charge in [-0.2, -0.15) is 15.6 Å². The van der Waals surface area contributed by atoms with E-state index in [-0.39, 0.29) is 35.4 Å². The van der Waals surface area contributed by atoms with E-state index in [1.54, 1.807) is 22.9 Å². The number of carbonyl (C=O) groups is 2. The van der Waals surface area contributed by atoms with Crippen molar-refractivity contribution in [2.24, 2.45) is 0 Å². The lowest BCUT2D eigenvalue weighted by atomic mass is 10.2. The summed E-state index contributed by atoms with van der Waals surface area (Å²) in [7, 11) is -2.30. The molecule has 2 amide bonds. The van der Waals surface area contributed by atoms with E-state index in [9.17, 15) is 18.0 Å². The fraction of sp³-hybridized carbons (Fsp3) is 0.400. The minimum atomic E-state index is -3.72. The Morgan fingerprint density at radius 2 is 1.93 bits per heavy atom. The Morgan fingerprint density at radius 3 is 2.60 bits per heavy atom. The van der Waals surface area contributed by atoms with Gasteiger partial charge in [0.1, 0.15) is 10.6 Å². The molecule has 0 unspecified atom stereocenters. The third kappa shape index (κ3) is 5.38. The van der Waals surface area contributed by atoms with E-state index in [1.165, 1.54) is 34.9 Å².